The summed E-state index contributed by atoms with van der Waals surface area (Å²) in [6, 6.07) is 12.1. The van der Waals surface area contributed by atoms with Gasteiger partial charge in [-0.05, 0) is 51.2 Å². The van der Waals surface area contributed by atoms with E-state index in [-0.39, 0.29) is 6.04 Å². The quantitative estimate of drug-likeness (QED) is 0.365. The number of hydrogen-bond acceptors (Lipinski definition) is 9. The van der Waals surface area contributed by atoms with Crippen LogP contribution in [0.2, 0.25) is 0 Å². The van der Waals surface area contributed by atoms with Crippen molar-refractivity contribution >= 4 is 23.4 Å². The van der Waals surface area contributed by atoms with Gasteiger partial charge in [0.1, 0.15) is 17.3 Å². The van der Waals surface area contributed by atoms with Crippen LogP contribution in [-0.2, 0) is 0 Å². The van der Waals surface area contributed by atoms with E-state index in [0.717, 1.165) is 53.9 Å². The van der Waals surface area contributed by atoms with Gasteiger partial charge in [0.05, 0.1) is 11.7 Å². The summed E-state index contributed by atoms with van der Waals surface area (Å²) in [4.78, 5) is 16.3. The average Bonchev–Trinajstić information content (AvgIpc) is 3.57. The Kier molecular flexibility index (Phi) is 5.32. The van der Waals surface area contributed by atoms with Gasteiger partial charge in [-0.25, -0.2) is 0 Å². The summed E-state index contributed by atoms with van der Waals surface area (Å²) < 4.78 is 5.77. The predicted molar refractivity (Wildman–Crippen MR) is 129 cm³/mol. The molecular formula is C24H27N9O. The summed E-state index contributed by atoms with van der Waals surface area (Å²) in [5.74, 6) is 3.72. The van der Waals surface area contributed by atoms with Crippen molar-refractivity contribution in [2.45, 2.75) is 51.1 Å². The smallest absolute Gasteiger partial charge is 0.229 e. The second-order valence-electron chi connectivity index (χ2n) is 8.95. The molecule has 1 saturated heterocycles. The Hall–Kier alpha value is -3.95. The Morgan fingerprint density at radius 1 is 1.00 bits per heavy atom. The highest BCUT2D eigenvalue weighted by Gasteiger charge is 2.32. The van der Waals surface area contributed by atoms with Crippen LogP contribution in [-0.4, -0.2) is 42.9 Å². The summed E-state index contributed by atoms with van der Waals surface area (Å²) in [5.41, 5.74) is 2.52. The number of nitrogens with one attached hydrogen (secondary N) is 3. The lowest BCUT2D eigenvalue weighted by Gasteiger charge is -2.28. The molecule has 0 aromatic carbocycles. The molecule has 2 aliphatic rings. The molecule has 0 bridgehead atoms. The van der Waals surface area contributed by atoms with E-state index in [1.54, 1.807) is 6.20 Å². The van der Waals surface area contributed by atoms with E-state index in [0.29, 0.717) is 17.8 Å². The van der Waals surface area contributed by atoms with Crippen molar-refractivity contribution in [3.8, 4) is 11.4 Å². The number of nitrogens with zero attached hydrogens (tertiary/aromatic N) is 6. The number of rotatable bonds is 7. The molecule has 3 N–H and O–H groups in total. The first kappa shape index (κ1) is 20.6. The van der Waals surface area contributed by atoms with Crippen LogP contribution in [0, 0.1) is 6.92 Å². The molecule has 0 radical (unpaired) electrons. The van der Waals surface area contributed by atoms with Gasteiger partial charge in [-0.15, -0.1) is 0 Å². The Bertz CT molecular complexity index is 1260. The maximum atomic E-state index is 5.77. The van der Waals surface area contributed by atoms with Crippen molar-refractivity contribution < 1.29 is 4.52 Å². The number of hydrogen-bond donors (Lipinski definition) is 3. The Labute approximate surface area is 197 Å². The minimum absolute atomic E-state index is 0.0180. The minimum atomic E-state index is 0.0180. The van der Waals surface area contributed by atoms with Gasteiger partial charge in [0.15, 0.2) is 11.6 Å². The van der Waals surface area contributed by atoms with Gasteiger partial charge in [0, 0.05) is 42.7 Å². The molecule has 1 aliphatic carbocycles. The maximum absolute atomic E-state index is 5.77. The normalized spacial score (nSPS) is 18.1. The monoisotopic (exact) mass is 457 g/mol. The lowest BCUT2D eigenvalue weighted by molar-refractivity contribution is 0.362. The second kappa shape index (κ2) is 8.77. The number of H-pyrrole nitrogens is 1. The highest BCUT2D eigenvalue weighted by atomic mass is 16.5. The summed E-state index contributed by atoms with van der Waals surface area (Å²) >= 11 is 0. The molecule has 34 heavy (non-hydrogen) atoms. The zero-order chi connectivity index (χ0) is 22.9. The van der Waals surface area contributed by atoms with E-state index in [9.17, 15) is 0 Å². The molecule has 1 atom stereocenters. The first-order valence-corrected chi connectivity index (χ1v) is 11.8. The fourth-order valence-corrected chi connectivity index (χ4v) is 4.46. The van der Waals surface area contributed by atoms with Crippen molar-refractivity contribution in [3.05, 3.63) is 54.0 Å². The summed E-state index contributed by atoms with van der Waals surface area (Å²) in [5, 5.41) is 18.4. The van der Waals surface area contributed by atoms with Crippen molar-refractivity contribution in [3.63, 3.8) is 0 Å². The highest BCUT2D eigenvalue weighted by Crippen LogP contribution is 2.37. The molecule has 5 heterocycles. The van der Waals surface area contributed by atoms with Gasteiger partial charge < -0.3 is 20.1 Å². The highest BCUT2D eigenvalue weighted by molar-refractivity contribution is 5.60. The molecule has 0 spiro atoms. The fraction of sp³-hybridized carbons (Fsp3) is 0.375. The Balaban J connectivity index is 1.30. The molecule has 10 heteroatoms. The largest absolute Gasteiger partial charge is 0.367 e. The molecule has 2 fully saturated rings. The van der Waals surface area contributed by atoms with Crippen molar-refractivity contribution in [2.24, 2.45) is 0 Å². The van der Waals surface area contributed by atoms with Crippen LogP contribution in [0.25, 0.3) is 11.4 Å². The predicted octanol–water partition coefficient (Wildman–Crippen LogP) is 4.61. The van der Waals surface area contributed by atoms with Gasteiger partial charge in [0.2, 0.25) is 5.95 Å². The third-order valence-corrected chi connectivity index (χ3v) is 6.43. The lowest BCUT2D eigenvalue weighted by Crippen LogP contribution is -2.29. The van der Waals surface area contributed by atoms with Crippen LogP contribution < -0.4 is 15.5 Å². The number of aryl methyl sites for hydroxylation is 1. The van der Waals surface area contributed by atoms with Crippen LogP contribution >= 0.6 is 0 Å². The number of anilines is 4. The van der Waals surface area contributed by atoms with Crippen molar-refractivity contribution in [2.75, 3.05) is 22.1 Å². The molecule has 6 rings (SSSR count). The van der Waals surface area contributed by atoms with E-state index in [1.807, 2.05) is 43.3 Å². The zero-order valence-electron chi connectivity index (χ0n) is 19.0. The zero-order valence-corrected chi connectivity index (χ0v) is 19.0. The van der Waals surface area contributed by atoms with Gasteiger partial charge in [-0.2, -0.15) is 15.1 Å². The van der Waals surface area contributed by atoms with Crippen LogP contribution in [0.5, 0.6) is 0 Å². The minimum Gasteiger partial charge on any atom is -0.367 e. The molecule has 174 valence electrons. The van der Waals surface area contributed by atoms with Crippen LogP contribution in [0.1, 0.15) is 49.6 Å². The maximum Gasteiger partial charge on any atom is 0.229 e. The van der Waals surface area contributed by atoms with Crippen LogP contribution in [0.3, 0.4) is 0 Å². The summed E-state index contributed by atoms with van der Waals surface area (Å²) in [6.07, 6.45) is 7.32. The fourth-order valence-electron chi connectivity index (χ4n) is 4.46. The van der Waals surface area contributed by atoms with Crippen LogP contribution in [0.15, 0.2) is 47.1 Å². The number of pyridine rings is 1. The van der Waals surface area contributed by atoms with E-state index in [1.165, 1.54) is 19.3 Å². The van der Waals surface area contributed by atoms with Gasteiger partial charge in [0.25, 0.3) is 0 Å². The topological polar surface area (TPSA) is 121 Å². The Morgan fingerprint density at radius 3 is 2.68 bits per heavy atom. The van der Waals surface area contributed by atoms with Crippen molar-refractivity contribution in [1.82, 2.24) is 30.3 Å². The molecule has 4 aromatic rings. The number of aromatic nitrogens is 6. The standard InChI is InChI=1S/C24H27N9O/c1-15-12-23(31-30-15)27-22-14-21(26-16-6-4-7-16)28-24(29-22)33-11-5-9-19(33)20-13-18(32-34-20)17-8-2-3-10-25-17/h2-3,8,10,12-14,16,19H,4-7,9,11H2,1H3,(H3,26,27,28,29,30,31). The van der Waals surface area contributed by atoms with E-state index in [4.69, 9.17) is 14.5 Å². The molecule has 1 saturated carbocycles. The van der Waals surface area contributed by atoms with E-state index >= 15 is 0 Å². The molecular weight excluding hydrogens is 430 g/mol. The second-order valence-corrected chi connectivity index (χ2v) is 8.95. The van der Waals surface area contributed by atoms with Gasteiger partial charge >= 0.3 is 0 Å². The molecule has 4 aromatic heterocycles. The SMILES string of the molecule is Cc1cc(Nc2cc(NC3CCC3)nc(N3CCCC3c3cc(-c4ccccn4)no3)n2)n[nH]1. The first-order valence-electron chi connectivity index (χ1n) is 11.8. The first-order chi connectivity index (χ1) is 16.7. The molecule has 10 nitrogen and oxygen atoms in total. The van der Waals surface area contributed by atoms with Gasteiger partial charge in [-0.1, -0.05) is 11.2 Å². The third-order valence-electron chi connectivity index (χ3n) is 6.43. The van der Waals surface area contributed by atoms with E-state index < -0.39 is 0 Å². The third kappa shape index (κ3) is 4.18. The molecule has 0 amide bonds. The van der Waals surface area contributed by atoms with E-state index in [2.05, 4.69) is 35.9 Å². The lowest BCUT2D eigenvalue weighted by atomic mass is 9.93. The van der Waals surface area contributed by atoms with Crippen LogP contribution in [0.4, 0.5) is 23.4 Å². The molecule has 1 aliphatic heterocycles. The average molecular weight is 458 g/mol. The Morgan fingerprint density at radius 2 is 1.91 bits per heavy atom. The number of aromatic amines is 1. The van der Waals surface area contributed by atoms with Crippen molar-refractivity contribution in [1.29, 1.82) is 0 Å². The van der Waals surface area contributed by atoms with Gasteiger partial charge in [-0.3, -0.25) is 10.1 Å². The summed E-state index contributed by atoms with van der Waals surface area (Å²) in [6.45, 7) is 2.82. The molecule has 1 unspecified atom stereocenters. The summed E-state index contributed by atoms with van der Waals surface area (Å²) in [7, 11) is 0.